The summed E-state index contributed by atoms with van der Waals surface area (Å²) < 4.78 is 25.7. The van der Waals surface area contributed by atoms with E-state index < -0.39 is 17.8 Å². The van der Waals surface area contributed by atoms with E-state index in [0.29, 0.717) is 0 Å². The van der Waals surface area contributed by atoms with Crippen LogP contribution in [0, 0.1) is 57.2 Å². The van der Waals surface area contributed by atoms with Crippen molar-refractivity contribution in [1.82, 2.24) is 0 Å². The van der Waals surface area contributed by atoms with Crippen molar-refractivity contribution in [3.63, 3.8) is 0 Å². The predicted molar refractivity (Wildman–Crippen MR) is 34.4 cm³/mol. The van der Waals surface area contributed by atoms with Gasteiger partial charge in [0.1, 0.15) is 0 Å². The summed E-state index contributed by atoms with van der Waals surface area (Å²) in [4.78, 5) is 0. The molecule has 0 saturated carbocycles. The van der Waals surface area contributed by atoms with Crippen molar-refractivity contribution in [2.75, 3.05) is 0 Å². The first-order valence-corrected chi connectivity index (χ1v) is 3.00. The Bertz CT molecular complexity index is 287. The molecule has 0 aromatic heterocycles. The molecule has 0 heterocycles. The third-order valence-electron chi connectivity index (χ3n) is 1.29. The molecule has 0 N–H and O–H groups in total. The molecule has 0 atom stereocenters. The molecule has 64 valence electrons. The Hall–Kier alpha value is -2.18. The molecule has 0 rings (SSSR count). The molecule has 0 aliphatic heterocycles. The van der Waals surface area contributed by atoms with E-state index in [-0.39, 0.29) is 0 Å². The molecule has 0 fully saturated rings. The fraction of sp³-hybridized carbons (Fsp3) is 0.429. The number of nitriles is 4. The van der Waals surface area contributed by atoms with Gasteiger partial charge in [-0.3, -0.25) is 0 Å². The van der Waals surface area contributed by atoms with Crippen molar-refractivity contribution >= 4 is 0 Å². The molecular formula is C7H2F2N4. The van der Waals surface area contributed by atoms with E-state index >= 15 is 0 Å². The number of halogens is 2. The summed E-state index contributed by atoms with van der Waals surface area (Å²) in [5.74, 6) is -8.44. The van der Waals surface area contributed by atoms with E-state index in [1.54, 1.807) is 0 Å². The Morgan fingerprint density at radius 3 is 1.15 bits per heavy atom. The SMILES string of the molecule is N#CC(C#N)C(F)(F)C(C#N)C#N. The lowest BCUT2D eigenvalue weighted by Gasteiger charge is -2.16. The quantitative estimate of drug-likeness (QED) is 0.631. The molecule has 13 heavy (non-hydrogen) atoms. The normalized spacial score (nSPS) is 9.85. The van der Waals surface area contributed by atoms with Crippen molar-refractivity contribution in [1.29, 1.82) is 21.0 Å². The number of nitrogens with zero attached hydrogens (tertiary/aromatic N) is 4. The second-order valence-electron chi connectivity index (χ2n) is 2.06. The smallest absolute Gasteiger partial charge is 0.201 e. The summed E-state index contributed by atoms with van der Waals surface area (Å²) >= 11 is 0. The Balaban J connectivity index is 5.02. The molecule has 0 aliphatic carbocycles. The van der Waals surface area contributed by atoms with Gasteiger partial charge < -0.3 is 0 Å². The molecule has 6 heteroatoms. The molecule has 0 unspecified atom stereocenters. The second-order valence-corrected chi connectivity index (χ2v) is 2.06. The summed E-state index contributed by atoms with van der Waals surface area (Å²) in [5.41, 5.74) is 0. The Kier molecular flexibility index (Phi) is 3.33. The van der Waals surface area contributed by atoms with Gasteiger partial charge in [-0.05, 0) is 0 Å². The number of alkyl halides is 2. The van der Waals surface area contributed by atoms with Crippen LogP contribution in [0.15, 0.2) is 0 Å². The van der Waals surface area contributed by atoms with Gasteiger partial charge >= 0.3 is 5.92 Å². The monoisotopic (exact) mass is 180 g/mol. The average molecular weight is 180 g/mol. The lowest BCUT2D eigenvalue weighted by atomic mass is 9.93. The number of hydrogen-bond donors (Lipinski definition) is 0. The Labute approximate surface area is 72.8 Å². The first-order valence-electron chi connectivity index (χ1n) is 3.00. The van der Waals surface area contributed by atoms with Gasteiger partial charge in [0.25, 0.3) is 0 Å². The van der Waals surface area contributed by atoms with Crippen LogP contribution in [0.5, 0.6) is 0 Å². The molecule has 4 nitrogen and oxygen atoms in total. The molecule has 0 bridgehead atoms. The molecule has 0 aromatic rings. The van der Waals surface area contributed by atoms with E-state index in [0.717, 1.165) is 24.3 Å². The highest BCUT2D eigenvalue weighted by Crippen LogP contribution is 2.31. The van der Waals surface area contributed by atoms with Gasteiger partial charge in [0.15, 0.2) is 11.8 Å². The summed E-state index contributed by atoms with van der Waals surface area (Å²) in [6.45, 7) is 0. The predicted octanol–water partition coefficient (Wildman–Crippen LogP) is 0.948. The second kappa shape index (κ2) is 4.00. The van der Waals surface area contributed by atoms with Gasteiger partial charge in [-0.15, -0.1) is 0 Å². The van der Waals surface area contributed by atoms with Crippen LogP contribution in [-0.2, 0) is 0 Å². The van der Waals surface area contributed by atoms with Gasteiger partial charge in [-0.1, -0.05) is 0 Å². The number of hydrogen-bond acceptors (Lipinski definition) is 4. The third-order valence-corrected chi connectivity index (χ3v) is 1.29. The van der Waals surface area contributed by atoms with Crippen LogP contribution >= 0.6 is 0 Å². The zero-order valence-corrected chi connectivity index (χ0v) is 6.20. The van der Waals surface area contributed by atoms with Crippen molar-refractivity contribution in [2.24, 2.45) is 11.8 Å². The van der Waals surface area contributed by atoms with Crippen molar-refractivity contribution in [3.05, 3.63) is 0 Å². The van der Waals surface area contributed by atoms with E-state index in [4.69, 9.17) is 21.0 Å². The fourth-order valence-electron chi connectivity index (χ4n) is 0.569. The van der Waals surface area contributed by atoms with Gasteiger partial charge in [0.05, 0.1) is 24.3 Å². The topological polar surface area (TPSA) is 95.2 Å². The molecular weight excluding hydrogens is 178 g/mol. The first kappa shape index (κ1) is 10.8. The van der Waals surface area contributed by atoms with Gasteiger partial charge in [-0.25, -0.2) is 8.78 Å². The van der Waals surface area contributed by atoms with Crippen molar-refractivity contribution in [3.8, 4) is 24.3 Å². The maximum Gasteiger partial charge on any atom is 0.305 e. The van der Waals surface area contributed by atoms with E-state index in [9.17, 15) is 8.78 Å². The van der Waals surface area contributed by atoms with E-state index in [2.05, 4.69) is 0 Å². The zero-order chi connectivity index (χ0) is 10.5. The van der Waals surface area contributed by atoms with Crippen LogP contribution in [0.1, 0.15) is 0 Å². The van der Waals surface area contributed by atoms with Crippen LogP contribution in [0.4, 0.5) is 8.78 Å². The summed E-state index contributed by atoms with van der Waals surface area (Å²) in [7, 11) is 0. The lowest BCUT2D eigenvalue weighted by molar-refractivity contribution is -0.0394. The Morgan fingerprint density at radius 2 is 1.00 bits per heavy atom. The highest BCUT2D eigenvalue weighted by molar-refractivity contribution is 5.17. The maximum atomic E-state index is 12.9. The molecule has 0 spiro atoms. The minimum absolute atomic E-state index is 1.03. The Morgan fingerprint density at radius 1 is 0.769 bits per heavy atom. The summed E-state index contributed by atoms with van der Waals surface area (Å²) in [6.07, 6.45) is 0. The largest absolute Gasteiger partial charge is 0.305 e. The first-order chi connectivity index (χ1) is 6.04. The van der Waals surface area contributed by atoms with Crippen LogP contribution in [-0.4, -0.2) is 5.92 Å². The molecule has 0 aliphatic rings. The van der Waals surface area contributed by atoms with E-state index in [1.807, 2.05) is 0 Å². The fourth-order valence-corrected chi connectivity index (χ4v) is 0.569. The van der Waals surface area contributed by atoms with E-state index in [1.165, 1.54) is 0 Å². The molecule has 0 radical (unpaired) electrons. The average Bonchev–Trinajstić information content (AvgIpc) is 2.07. The third kappa shape index (κ3) is 1.89. The number of rotatable bonds is 2. The summed E-state index contributed by atoms with van der Waals surface area (Å²) in [5, 5.41) is 32.5. The van der Waals surface area contributed by atoms with Crippen LogP contribution < -0.4 is 0 Å². The minimum atomic E-state index is -3.91. The minimum Gasteiger partial charge on any atom is -0.201 e. The van der Waals surface area contributed by atoms with Crippen molar-refractivity contribution in [2.45, 2.75) is 5.92 Å². The highest BCUT2D eigenvalue weighted by Gasteiger charge is 2.48. The molecule has 0 aromatic carbocycles. The van der Waals surface area contributed by atoms with Crippen LogP contribution in [0.25, 0.3) is 0 Å². The molecule has 0 saturated heterocycles. The lowest BCUT2D eigenvalue weighted by Crippen LogP contribution is -2.33. The summed E-state index contributed by atoms with van der Waals surface area (Å²) in [6, 6.07) is 4.11. The zero-order valence-electron chi connectivity index (χ0n) is 6.20. The van der Waals surface area contributed by atoms with Gasteiger partial charge in [-0.2, -0.15) is 21.0 Å². The maximum absolute atomic E-state index is 12.9. The molecule has 0 amide bonds. The standard InChI is InChI=1S/C7H2F2N4/c8-7(9,5(1-10)2-11)6(3-12)4-13/h5-6H. The highest BCUT2D eigenvalue weighted by atomic mass is 19.3. The van der Waals surface area contributed by atoms with Crippen LogP contribution in [0.3, 0.4) is 0 Å². The van der Waals surface area contributed by atoms with Crippen molar-refractivity contribution < 1.29 is 8.78 Å². The van der Waals surface area contributed by atoms with Gasteiger partial charge in [0, 0.05) is 0 Å². The van der Waals surface area contributed by atoms with Crippen LogP contribution in [0.2, 0.25) is 0 Å². The van der Waals surface area contributed by atoms with Gasteiger partial charge in [0.2, 0.25) is 0 Å².